The Balaban J connectivity index is 1.78. The first-order valence-electron chi connectivity index (χ1n) is 6.79. The fraction of sp³-hybridized carbons (Fsp3) is 0.188. The van der Waals surface area contributed by atoms with Crippen molar-refractivity contribution in [2.24, 2.45) is 0 Å². The molecule has 120 valence electrons. The highest BCUT2D eigenvalue weighted by atomic mass is 19.4. The Hall–Kier alpha value is -2.70. The van der Waals surface area contributed by atoms with Gasteiger partial charge in [-0.05, 0) is 29.8 Å². The van der Waals surface area contributed by atoms with Crippen molar-refractivity contribution in [2.75, 3.05) is 11.5 Å². The molecule has 3 rings (SSSR count). The lowest BCUT2D eigenvalue weighted by molar-refractivity contribution is -0.274. The Kier molecular flexibility index (Phi) is 3.85. The number of halogens is 3. The predicted molar refractivity (Wildman–Crippen MR) is 76.3 cm³/mol. The number of nitrogens with zero attached hydrogens (tertiary/aromatic N) is 1. The molecule has 0 radical (unpaired) electrons. The zero-order valence-electron chi connectivity index (χ0n) is 11.8. The van der Waals surface area contributed by atoms with Gasteiger partial charge < -0.3 is 14.4 Å². The number of benzene rings is 2. The third kappa shape index (κ3) is 3.56. The van der Waals surface area contributed by atoms with Crippen LogP contribution in [-0.4, -0.2) is 18.9 Å². The number of hydrogen-bond donors (Lipinski definition) is 0. The van der Waals surface area contributed by atoms with E-state index in [1.54, 1.807) is 29.2 Å². The number of alkyl halides is 3. The molecular formula is C16H12F3NO3. The highest BCUT2D eigenvalue weighted by Gasteiger charge is 2.31. The lowest BCUT2D eigenvalue weighted by Crippen LogP contribution is -2.38. The highest BCUT2D eigenvalue weighted by molar-refractivity contribution is 5.97. The van der Waals surface area contributed by atoms with Crippen molar-refractivity contribution in [3.63, 3.8) is 0 Å². The number of para-hydroxylation sites is 2. The molecule has 0 aromatic heterocycles. The number of anilines is 1. The molecule has 0 aliphatic carbocycles. The van der Waals surface area contributed by atoms with Crippen LogP contribution in [0.3, 0.4) is 0 Å². The molecule has 0 fully saturated rings. The van der Waals surface area contributed by atoms with Crippen molar-refractivity contribution in [3.8, 4) is 11.5 Å². The van der Waals surface area contributed by atoms with E-state index in [0.29, 0.717) is 17.0 Å². The summed E-state index contributed by atoms with van der Waals surface area (Å²) >= 11 is 0. The molecule has 0 bridgehead atoms. The van der Waals surface area contributed by atoms with Gasteiger partial charge in [-0.25, -0.2) is 0 Å². The van der Waals surface area contributed by atoms with Gasteiger partial charge in [-0.3, -0.25) is 4.79 Å². The quantitative estimate of drug-likeness (QED) is 0.868. The van der Waals surface area contributed by atoms with Gasteiger partial charge in [0.2, 0.25) is 0 Å². The van der Waals surface area contributed by atoms with E-state index in [9.17, 15) is 18.0 Å². The molecule has 1 aliphatic heterocycles. The average molecular weight is 323 g/mol. The van der Waals surface area contributed by atoms with Crippen molar-refractivity contribution in [3.05, 3.63) is 54.1 Å². The van der Waals surface area contributed by atoms with Crippen molar-refractivity contribution in [2.45, 2.75) is 12.9 Å². The second kappa shape index (κ2) is 5.83. The molecular weight excluding hydrogens is 311 g/mol. The van der Waals surface area contributed by atoms with Crippen LogP contribution >= 0.6 is 0 Å². The fourth-order valence-electron chi connectivity index (χ4n) is 2.31. The summed E-state index contributed by atoms with van der Waals surface area (Å²) in [5.74, 6) is 0.0957. The van der Waals surface area contributed by atoms with Gasteiger partial charge in [0.15, 0.2) is 6.61 Å². The van der Waals surface area contributed by atoms with Gasteiger partial charge in [-0.15, -0.1) is 13.2 Å². The smallest absolute Gasteiger partial charge is 0.482 e. The van der Waals surface area contributed by atoms with Crippen LogP contribution in [0.25, 0.3) is 0 Å². The zero-order chi connectivity index (χ0) is 16.4. The summed E-state index contributed by atoms with van der Waals surface area (Å²) in [4.78, 5) is 13.6. The van der Waals surface area contributed by atoms with Crippen LogP contribution in [-0.2, 0) is 11.3 Å². The summed E-state index contributed by atoms with van der Waals surface area (Å²) in [6.45, 7) is 0.178. The monoisotopic (exact) mass is 323 g/mol. The second-order valence-corrected chi connectivity index (χ2v) is 4.93. The molecule has 7 heteroatoms. The lowest BCUT2D eigenvalue weighted by atomic mass is 10.1. The van der Waals surface area contributed by atoms with Crippen LogP contribution in [0.5, 0.6) is 11.5 Å². The molecule has 0 saturated heterocycles. The third-order valence-corrected chi connectivity index (χ3v) is 3.31. The van der Waals surface area contributed by atoms with Crippen molar-refractivity contribution < 1.29 is 27.4 Å². The molecule has 0 unspecified atom stereocenters. The summed E-state index contributed by atoms with van der Waals surface area (Å²) in [5, 5.41) is 0. The maximum Gasteiger partial charge on any atom is 0.573 e. The molecule has 23 heavy (non-hydrogen) atoms. The van der Waals surface area contributed by atoms with E-state index in [4.69, 9.17) is 4.74 Å². The Bertz CT molecular complexity index is 713. The van der Waals surface area contributed by atoms with Gasteiger partial charge in [0.1, 0.15) is 11.5 Å². The molecule has 1 heterocycles. The minimum absolute atomic E-state index is 0.0632. The minimum Gasteiger partial charge on any atom is -0.482 e. The van der Waals surface area contributed by atoms with Crippen LogP contribution in [0, 0.1) is 0 Å². The SMILES string of the molecule is O=C1COc2ccccc2N1Cc1ccc(OC(F)(F)F)cc1. The van der Waals surface area contributed by atoms with Crippen LogP contribution in [0.2, 0.25) is 0 Å². The average Bonchev–Trinajstić information content (AvgIpc) is 2.50. The Labute approximate surface area is 130 Å². The third-order valence-electron chi connectivity index (χ3n) is 3.31. The largest absolute Gasteiger partial charge is 0.573 e. The number of carbonyl (C=O) groups is 1. The van der Waals surface area contributed by atoms with E-state index in [0.717, 1.165) is 0 Å². The first-order chi connectivity index (χ1) is 10.9. The van der Waals surface area contributed by atoms with E-state index in [1.165, 1.54) is 24.3 Å². The Morgan fingerprint density at radius 3 is 2.48 bits per heavy atom. The van der Waals surface area contributed by atoms with Crippen molar-refractivity contribution in [1.29, 1.82) is 0 Å². The van der Waals surface area contributed by atoms with E-state index in [-0.39, 0.29) is 24.8 Å². The molecule has 2 aromatic carbocycles. The van der Waals surface area contributed by atoms with E-state index < -0.39 is 6.36 Å². The number of amides is 1. The maximum absolute atomic E-state index is 12.1. The predicted octanol–water partition coefficient (Wildman–Crippen LogP) is 3.51. The molecule has 1 aliphatic rings. The highest BCUT2D eigenvalue weighted by Crippen LogP contribution is 2.32. The molecule has 0 saturated carbocycles. The molecule has 1 amide bonds. The van der Waals surface area contributed by atoms with Crippen LogP contribution < -0.4 is 14.4 Å². The van der Waals surface area contributed by atoms with Gasteiger partial charge in [-0.2, -0.15) is 0 Å². The summed E-state index contributed by atoms with van der Waals surface area (Å²) in [7, 11) is 0. The molecule has 0 N–H and O–H groups in total. The molecule has 2 aromatic rings. The first kappa shape index (κ1) is 15.2. The molecule has 0 atom stereocenters. The normalized spacial score (nSPS) is 14.2. The van der Waals surface area contributed by atoms with E-state index in [1.807, 2.05) is 0 Å². The molecule has 0 spiro atoms. The maximum atomic E-state index is 12.1. The number of hydrogen-bond acceptors (Lipinski definition) is 3. The number of carbonyl (C=O) groups excluding carboxylic acids is 1. The van der Waals surface area contributed by atoms with Gasteiger partial charge in [0.05, 0.1) is 12.2 Å². The molecule has 4 nitrogen and oxygen atoms in total. The zero-order valence-corrected chi connectivity index (χ0v) is 11.8. The minimum atomic E-state index is -4.72. The topological polar surface area (TPSA) is 38.8 Å². The van der Waals surface area contributed by atoms with Crippen LogP contribution in [0.1, 0.15) is 5.56 Å². The van der Waals surface area contributed by atoms with Gasteiger partial charge in [0, 0.05) is 0 Å². The van der Waals surface area contributed by atoms with Gasteiger partial charge in [-0.1, -0.05) is 24.3 Å². The number of ether oxygens (including phenoxy) is 2. The van der Waals surface area contributed by atoms with E-state index in [2.05, 4.69) is 4.74 Å². The van der Waals surface area contributed by atoms with Gasteiger partial charge in [0.25, 0.3) is 5.91 Å². The van der Waals surface area contributed by atoms with Crippen molar-refractivity contribution in [1.82, 2.24) is 0 Å². The van der Waals surface area contributed by atoms with Crippen LogP contribution in [0.15, 0.2) is 48.5 Å². The van der Waals surface area contributed by atoms with Crippen molar-refractivity contribution >= 4 is 11.6 Å². The van der Waals surface area contributed by atoms with Crippen LogP contribution in [0.4, 0.5) is 18.9 Å². The Morgan fingerprint density at radius 2 is 1.78 bits per heavy atom. The lowest BCUT2D eigenvalue weighted by Gasteiger charge is -2.29. The first-order valence-corrected chi connectivity index (χ1v) is 6.79. The summed E-state index contributed by atoms with van der Waals surface area (Å²) < 4.78 is 45.6. The number of fused-ring (bicyclic) bond motifs is 1. The fourth-order valence-corrected chi connectivity index (χ4v) is 2.31. The summed E-state index contributed by atoms with van der Waals surface area (Å²) in [5.41, 5.74) is 1.32. The second-order valence-electron chi connectivity index (χ2n) is 4.93. The Morgan fingerprint density at radius 1 is 1.09 bits per heavy atom. The summed E-state index contributed by atoms with van der Waals surface area (Å²) in [6.07, 6.45) is -4.72. The standard InChI is InChI=1S/C16H12F3NO3/c17-16(18,19)23-12-7-5-11(6-8-12)9-20-13-3-1-2-4-14(13)22-10-15(20)21/h1-8H,9-10H2. The number of rotatable bonds is 3. The van der Waals surface area contributed by atoms with E-state index >= 15 is 0 Å². The summed E-state index contributed by atoms with van der Waals surface area (Å²) in [6, 6.07) is 12.5. The van der Waals surface area contributed by atoms with Gasteiger partial charge >= 0.3 is 6.36 Å².